The second kappa shape index (κ2) is 6.24. The van der Waals surface area contributed by atoms with Crippen LogP contribution in [-0.2, 0) is 17.8 Å². The summed E-state index contributed by atoms with van der Waals surface area (Å²) in [4.78, 5) is 26.0. The molecule has 1 aromatic carbocycles. The van der Waals surface area contributed by atoms with Crippen molar-refractivity contribution in [3.8, 4) is 0 Å². The van der Waals surface area contributed by atoms with Gasteiger partial charge in [0.25, 0.3) is 5.91 Å². The largest absolute Gasteiger partial charge is 0.481 e. The first-order chi connectivity index (χ1) is 11.1. The van der Waals surface area contributed by atoms with Gasteiger partial charge in [0.15, 0.2) is 0 Å². The third-order valence-corrected chi connectivity index (χ3v) is 4.23. The van der Waals surface area contributed by atoms with Crippen molar-refractivity contribution in [1.82, 2.24) is 15.1 Å². The molecule has 3 rings (SSSR count). The van der Waals surface area contributed by atoms with E-state index in [9.17, 15) is 14.7 Å². The lowest BCUT2D eigenvalue weighted by Crippen LogP contribution is -2.40. The van der Waals surface area contributed by atoms with E-state index in [4.69, 9.17) is 0 Å². The first kappa shape index (κ1) is 15.3. The summed E-state index contributed by atoms with van der Waals surface area (Å²) in [5, 5.41) is 16.3. The number of H-pyrrole nitrogens is 1. The number of hydrogen-bond donors (Lipinski definition) is 2. The van der Waals surface area contributed by atoms with Gasteiger partial charge >= 0.3 is 5.97 Å². The van der Waals surface area contributed by atoms with Crippen LogP contribution in [-0.4, -0.2) is 38.6 Å². The van der Waals surface area contributed by atoms with Crippen LogP contribution in [0.2, 0.25) is 0 Å². The molecule has 0 saturated carbocycles. The molecule has 23 heavy (non-hydrogen) atoms. The maximum absolute atomic E-state index is 12.8. The minimum atomic E-state index is -0.907. The summed E-state index contributed by atoms with van der Waals surface area (Å²) >= 11 is 0. The van der Waals surface area contributed by atoms with Gasteiger partial charge in [0.2, 0.25) is 0 Å². The number of carboxylic acid groups (broad SMARTS) is 1. The second-order valence-corrected chi connectivity index (χ2v) is 5.79. The van der Waals surface area contributed by atoms with Crippen molar-refractivity contribution in [3.63, 3.8) is 0 Å². The predicted octanol–water partition coefficient (Wildman–Crippen LogP) is 2.19. The second-order valence-electron chi connectivity index (χ2n) is 5.79. The maximum Gasteiger partial charge on any atom is 0.312 e. The zero-order chi connectivity index (χ0) is 16.4. The van der Waals surface area contributed by atoms with E-state index in [2.05, 4.69) is 10.2 Å². The number of aromatic amines is 1. The summed E-state index contributed by atoms with van der Waals surface area (Å²) in [6.45, 7) is 2.64. The van der Waals surface area contributed by atoms with Crippen LogP contribution in [0.15, 0.2) is 30.5 Å². The topological polar surface area (TPSA) is 86.3 Å². The Bertz CT molecular complexity index is 738. The molecule has 2 N–H and O–H groups in total. The molecule has 0 fully saturated rings. The number of nitrogens with zero attached hydrogens (tertiary/aromatic N) is 2. The summed E-state index contributed by atoms with van der Waals surface area (Å²) in [6, 6.07) is 7.41. The van der Waals surface area contributed by atoms with Crippen molar-refractivity contribution in [3.05, 3.63) is 52.8 Å². The summed E-state index contributed by atoms with van der Waals surface area (Å²) < 4.78 is 0. The molecule has 0 radical (unpaired) electrons. The van der Waals surface area contributed by atoms with Crippen LogP contribution < -0.4 is 0 Å². The van der Waals surface area contributed by atoms with E-state index >= 15 is 0 Å². The number of aryl methyl sites for hydroxylation is 1. The lowest BCUT2D eigenvalue weighted by molar-refractivity contribution is -0.139. The minimum Gasteiger partial charge on any atom is -0.481 e. The van der Waals surface area contributed by atoms with E-state index in [1.165, 1.54) is 6.20 Å². The highest BCUT2D eigenvalue weighted by molar-refractivity contribution is 5.95. The number of rotatable bonds is 4. The molecule has 0 bridgehead atoms. The van der Waals surface area contributed by atoms with Gasteiger partial charge in [-0.1, -0.05) is 37.6 Å². The van der Waals surface area contributed by atoms with Crippen LogP contribution >= 0.6 is 0 Å². The van der Waals surface area contributed by atoms with Crippen LogP contribution in [0.4, 0.5) is 0 Å². The van der Waals surface area contributed by atoms with E-state index in [0.29, 0.717) is 12.1 Å². The normalized spacial score (nSPS) is 16.9. The van der Waals surface area contributed by atoms with Crippen molar-refractivity contribution in [1.29, 1.82) is 0 Å². The number of aromatic nitrogens is 2. The highest BCUT2D eigenvalue weighted by Gasteiger charge is 2.33. The van der Waals surface area contributed by atoms with E-state index < -0.39 is 11.9 Å². The van der Waals surface area contributed by atoms with Gasteiger partial charge in [-0.2, -0.15) is 5.10 Å². The molecule has 6 heteroatoms. The number of carboxylic acids is 1. The number of amides is 1. The van der Waals surface area contributed by atoms with E-state index in [-0.39, 0.29) is 12.5 Å². The van der Waals surface area contributed by atoms with E-state index in [0.717, 1.165) is 29.7 Å². The average Bonchev–Trinajstić information content (AvgIpc) is 3.01. The SMILES string of the molecule is CCCc1[nH]ncc1C(=O)N1Cc2ccccc2C(C(=O)O)C1. The molecular weight excluding hydrogens is 294 g/mol. The van der Waals surface area contributed by atoms with Gasteiger partial charge in [0.05, 0.1) is 17.7 Å². The van der Waals surface area contributed by atoms with E-state index in [1.54, 1.807) is 4.90 Å². The lowest BCUT2D eigenvalue weighted by atomic mass is 9.89. The fourth-order valence-electron chi connectivity index (χ4n) is 3.08. The summed E-state index contributed by atoms with van der Waals surface area (Å²) in [7, 11) is 0. The van der Waals surface area contributed by atoms with Crippen molar-refractivity contribution >= 4 is 11.9 Å². The molecule has 2 heterocycles. The number of aliphatic carboxylic acids is 1. The van der Waals surface area contributed by atoms with Crippen molar-refractivity contribution in [2.75, 3.05) is 6.54 Å². The first-order valence-corrected chi connectivity index (χ1v) is 7.74. The molecule has 6 nitrogen and oxygen atoms in total. The molecule has 1 aliphatic rings. The van der Waals surface area contributed by atoms with Gasteiger partial charge in [-0.25, -0.2) is 0 Å². The monoisotopic (exact) mass is 313 g/mol. The average molecular weight is 313 g/mol. The minimum absolute atomic E-state index is 0.164. The maximum atomic E-state index is 12.8. The lowest BCUT2D eigenvalue weighted by Gasteiger charge is -2.32. The number of carbonyl (C=O) groups is 2. The fraction of sp³-hybridized carbons (Fsp3) is 0.353. The molecule has 1 amide bonds. The van der Waals surface area contributed by atoms with Crippen LogP contribution in [0.25, 0.3) is 0 Å². The van der Waals surface area contributed by atoms with Crippen molar-refractivity contribution in [2.24, 2.45) is 0 Å². The third kappa shape index (κ3) is 2.84. The number of nitrogens with one attached hydrogen (secondary N) is 1. The Hall–Kier alpha value is -2.63. The molecule has 0 spiro atoms. The van der Waals surface area contributed by atoms with Gasteiger partial charge in [0, 0.05) is 18.8 Å². The Labute approximate surface area is 134 Å². The van der Waals surface area contributed by atoms with Crippen molar-refractivity contribution in [2.45, 2.75) is 32.2 Å². The van der Waals surface area contributed by atoms with Crippen molar-refractivity contribution < 1.29 is 14.7 Å². The first-order valence-electron chi connectivity index (χ1n) is 7.74. The number of hydrogen-bond acceptors (Lipinski definition) is 3. The number of carbonyl (C=O) groups excluding carboxylic acids is 1. The van der Waals surface area contributed by atoms with Gasteiger partial charge < -0.3 is 10.0 Å². The summed E-state index contributed by atoms with van der Waals surface area (Å²) in [6.07, 6.45) is 3.18. The van der Waals surface area contributed by atoms with Crippen LogP contribution in [0, 0.1) is 0 Å². The smallest absolute Gasteiger partial charge is 0.312 e. The van der Waals surface area contributed by atoms with E-state index in [1.807, 2.05) is 31.2 Å². The fourth-order valence-corrected chi connectivity index (χ4v) is 3.08. The molecule has 1 aromatic heterocycles. The zero-order valence-corrected chi connectivity index (χ0v) is 13.0. The standard InChI is InChI=1S/C17H19N3O3/c1-2-5-15-13(8-18-19-15)16(21)20-9-11-6-3-4-7-12(11)14(10-20)17(22)23/h3-4,6-8,14H,2,5,9-10H2,1H3,(H,18,19)(H,22,23). The Morgan fingerprint density at radius 3 is 2.91 bits per heavy atom. The molecule has 1 unspecified atom stereocenters. The molecule has 2 aromatic rings. The molecule has 1 atom stereocenters. The molecule has 0 aliphatic carbocycles. The van der Waals surface area contributed by atoms with Gasteiger partial charge in [-0.15, -0.1) is 0 Å². The highest BCUT2D eigenvalue weighted by atomic mass is 16.4. The number of fused-ring (bicyclic) bond motifs is 1. The quantitative estimate of drug-likeness (QED) is 0.906. The van der Waals surface area contributed by atoms with Crippen LogP contribution in [0.5, 0.6) is 0 Å². The Morgan fingerprint density at radius 1 is 1.39 bits per heavy atom. The number of benzene rings is 1. The molecule has 120 valence electrons. The summed E-state index contributed by atoms with van der Waals surface area (Å²) in [5.41, 5.74) is 3.03. The third-order valence-electron chi connectivity index (χ3n) is 4.23. The van der Waals surface area contributed by atoms with Crippen LogP contribution in [0.1, 0.15) is 46.4 Å². The Morgan fingerprint density at radius 2 is 2.17 bits per heavy atom. The van der Waals surface area contributed by atoms with Gasteiger partial charge in [0.1, 0.15) is 0 Å². The molecular formula is C17H19N3O3. The molecule has 0 saturated heterocycles. The highest BCUT2D eigenvalue weighted by Crippen LogP contribution is 2.29. The zero-order valence-electron chi connectivity index (χ0n) is 13.0. The summed E-state index contributed by atoms with van der Waals surface area (Å²) in [5.74, 6) is -1.76. The van der Waals surface area contributed by atoms with Gasteiger partial charge in [-0.3, -0.25) is 14.7 Å². The molecule has 1 aliphatic heterocycles. The Balaban J connectivity index is 1.91. The Kier molecular flexibility index (Phi) is 4.14. The van der Waals surface area contributed by atoms with Crippen LogP contribution in [0.3, 0.4) is 0 Å². The predicted molar refractivity (Wildman–Crippen MR) is 84.1 cm³/mol. The van der Waals surface area contributed by atoms with Gasteiger partial charge in [-0.05, 0) is 17.5 Å².